The van der Waals surface area contributed by atoms with E-state index in [0.717, 1.165) is 24.1 Å². The van der Waals surface area contributed by atoms with Crippen LogP contribution in [0.1, 0.15) is 29.3 Å². The maximum absolute atomic E-state index is 12.5. The summed E-state index contributed by atoms with van der Waals surface area (Å²) >= 11 is 6.22. The Bertz CT molecular complexity index is 837. The van der Waals surface area contributed by atoms with Crippen molar-refractivity contribution in [1.29, 1.82) is 0 Å². The molecule has 1 amide bonds. The summed E-state index contributed by atoms with van der Waals surface area (Å²) in [5.74, 6) is -0.179. The zero-order valence-electron chi connectivity index (χ0n) is 13.4. The summed E-state index contributed by atoms with van der Waals surface area (Å²) in [5.41, 5.74) is 2.94. The first-order valence-electron chi connectivity index (χ1n) is 7.90. The first-order valence-corrected chi connectivity index (χ1v) is 8.28. The van der Waals surface area contributed by atoms with Gasteiger partial charge in [-0.3, -0.25) is 9.89 Å². The predicted octanol–water partition coefficient (Wildman–Crippen LogP) is 3.87. The third-order valence-electron chi connectivity index (χ3n) is 3.77. The maximum Gasteiger partial charge on any atom is 0.255 e. The number of amides is 1. The number of benzene rings is 1. The Balaban J connectivity index is 1.72. The smallest absolute Gasteiger partial charge is 0.255 e. The fourth-order valence-corrected chi connectivity index (χ4v) is 2.83. The second-order valence-corrected chi connectivity index (χ2v) is 5.99. The average Bonchev–Trinajstić information content (AvgIpc) is 3.23. The summed E-state index contributed by atoms with van der Waals surface area (Å²) in [7, 11) is 0. The highest BCUT2D eigenvalue weighted by Crippen LogP contribution is 2.28. The maximum atomic E-state index is 12.5. The lowest BCUT2D eigenvalue weighted by Gasteiger charge is -2.06. The van der Waals surface area contributed by atoms with Crippen molar-refractivity contribution in [2.45, 2.75) is 26.4 Å². The molecule has 24 heavy (non-hydrogen) atoms. The lowest BCUT2D eigenvalue weighted by atomic mass is 10.1. The van der Waals surface area contributed by atoms with Crippen LogP contribution in [0.2, 0.25) is 5.02 Å². The second-order valence-electron chi connectivity index (χ2n) is 5.58. The summed E-state index contributed by atoms with van der Waals surface area (Å²) in [4.78, 5) is 12.5. The molecule has 0 spiro atoms. The Morgan fingerprint density at radius 2 is 2.17 bits per heavy atom. The van der Waals surface area contributed by atoms with E-state index in [1.165, 1.54) is 6.20 Å². The van der Waals surface area contributed by atoms with Crippen LogP contribution in [-0.2, 0) is 13.1 Å². The average molecular weight is 343 g/mol. The van der Waals surface area contributed by atoms with Crippen LogP contribution in [0.5, 0.6) is 0 Å². The van der Waals surface area contributed by atoms with Crippen LogP contribution in [0, 0.1) is 0 Å². The molecule has 0 fully saturated rings. The van der Waals surface area contributed by atoms with Crippen LogP contribution >= 0.6 is 11.6 Å². The standard InChI is InChI=1S/C18H19ClN4O/c1-2-8-23-9-7-13(12-23)10-20-18(24)15-11-21-22-17(15)14-5-3-4-6-16(14)19/h3-7,9,11-12H,2,8,10H2,1H3,(H,20,24)(H,21,22). The van der Waals surface area contributed by atoms with Gasteiger partial charge >= 0.3 is 0 Å². The molecule has 6 heteroatoms. The highest BCUT2D eigenvalue weighted by Gasteiger charge is 2.16. The van der Waals surface area contributed by atoms with E-state index < -0.39 is 0 Å². The number of aromatic amines is 1. The fourth-order valence-electron chi connectivity index (χ4n) is 2.60. The van der Waals surface area contributed by atoms with E-state index in [9.17, 15) is 4.79 Å². The molecule has 2 aromatic heterocycles. The van der Waals surface area contributed by atoms with Crippen LogP contribution in [0.3, 0.4) is 0 Å². The van der Waals surface area contributed by atoms with Crippen molar-refractivity contribution in [2.24, 2.45) is 0 Å². The van der Waals surface area contributed by atoms with E-state index in [0.29, 0.717) is 22.8 Å². The molecule has 0 radical (unpaired) electrons. The largest absolute Gasteiger partial charge is 0.354 e. The van der Waals surface area contributed by atoms with E-state index in [1.54, 1.807) is 6.07 Å². The second kappa shape index (κ2) is 7.36. The monoisotopic (exact) mass is 342 g/mol. The van der Waals surface area contributed by atoms with E-state index in [-0.39, 0.29) is 5.91 Å². The molecule has 0 saturated heterocycles. The molecule has 2 N–H and O–H groups in total. The number of aryl methyl sites for hydroxylation is 1. The van der Waals surface area contributed by atoms with Gasteiger partial charge in [0.1, 0.15) is 0 Å². The molecule has 5 nitrogen and oxygen atoms in total. The summed E-state index contributed by atoms with van der Waals surface area (Å²) in [6.07, 6.45) is 6.68. The number of carbonyl (C=O) groups excluding carboxylic acids is 1. The minimum atomic E-state index is -0.179. The summed E-state index contributed by atoms with van der Waals surface area (Å²) in [6.45, 7) is 3.59. The van der Waals surface area contributed by atoms with Crippen molar-refractivity contribution < 1.29 is 4.79 Å². The number of H-pyrrole nitrogens is 1. The normalized spacial score (nSPS) is 10.8. The van der Waals surface area contributed by atoms with Gasteiger partial charge in [0.15, 0.2) is 0 Å². The van der Waals surface area contributed by atoms with Crippen molar-refractivity contribution in [3.05, 3.63) is 65.1 Å². The van der Waals surface area contributed by atoms with Gasteiger partial charge in [-0.2, -0.15) is 5.10 Å². The molecule has 0 aliphatic carbocycles. The predicted molar refractivity (Wildman–Crippen MR) is 94.9 cm³/mol. The van der Waals surface area contributed by atoms with Gasteiger partial charge in [0.25, 0.3) is 5.91 Å². The summed E-state index contributed by atoms with van der Waals surface area (Å²) < 4.78 is 2.12. The Morgan fingerprint density at radius 1 is 1.33 bits per heavy atom. The lowest BCUT2D eigenvalue weighted by Crippen LogP contribution is -2.22. The number of halogens is 1. The zero-order valence-corrected chi connectivity index (χ0v) is 14.2. The van der Waals surface area contributed by atoms with E-state index in [1.807, 2.05) is 36.7 Å². The van der Waals surface area contributed by atoms with Gasteiger partial charge in [0.05, 0.1) is 17.5 Å². The van der Waals surface area contributed by atoms with Gasteiger partial charge < -0.3 is 9.88 Å². The topological polar surface area (TPSA) is 62.7 Å². The molecule has 124 valence electrons. The Kier molecular flexibility index (Phi) is 5.01. The van der Waals surface area contributed by atoms with E-state index >= 15 is 0 Å². The van der Waals surface area contributed by atoms with E-state index in [4.69, 9.17) is 11.6 Å². The van der Waals surface area contributed by atoms with Crippen molar-refractivity contribution in [3.63, 3.8) is 0 Å². The number of rotatable bonds is 6. The summed E-state index contributed by atoms with van der Waals surface area (Å²) in [6, 6.07) is 9.39. The van der Waals surface area contributed by atoms with Gasteiger partial charge in [0.2, 0.25) is 0 Å². The fraction of sp³-hybridized carbons (Fsp3) is 0.222. The summed E-state index contributed by atoms with van der Waals surface area (Å²) in [5, 5.41) is 10.4. The number of hydrogen-bond acceptors (Lipinski definition) is 2. The van der Waals surface area contributed by atoms with E-state index in [2.05, 4.69) is 27.0 Å². The third-order valence-corrected chi connectivity index (χ3v) is 4.10. The first-order chi connectivity index (χ1) is 11.7. The minimum Gasteiger partial charge on any atom is -0.354 e. The number of nitrogens with one attached hydrogen (secondary N) is 2. The molecule has 0 aliphatic heterocycles. The molecule has 0 saturated carbocycles. The lowest BCUT2D eigenvalue weighted by molar-refractivity contribution is 0.0951. The molecule has 3 aromatic rings. The van der Waals surface area contributed by atoms with Gasteiger partial charge in [-0.15, -0.1) is 0 Å². The van der Waals surface area contributed by atoms with Crippen LogP contribution < -0.4 is 5.32 Å². The third kappa shape index (κ3) is 3.51. The van der Waals surface area contributed by atoms with Crippen molar-refractivity contribution in [3.8, 4) is 11.3 Å². The Hall–Kier alpha value is -2.53. The van der Waals surface area contributed by atoms with Gasteiger partial charge in [-0.1, -0.05) is 36.7 Å². The van der Waals surface area contributed by atoms with Gasteiger partial charge in [-0.05, 0) is 24.1 Å². The number of aromatic nitrogens is 3. The zero-order chi connectivity index (χ0) is 16.9. The molecule has 0 unspecified atom stereocenters. The number of carbonyl (C=O) groups is 1. The molecular formula is C18H19ClN4O. The van der Waals surface area contributed by atoms with Crippen molar-refractivity contribution in [1.82, 2.24) is 20.1 Å². The molecule has 0 bridgehead atoms. The molecule has 2 heterocycles. The van der Waals surface area contributed by atoms with Crippen LogP contribution in [0.15, 0.2) is 48.9 Å². The molecule has 0 aliphatic rings. The van der Waals surface area contributed by atoms with Crippen LogP contribution in [0.25, 0.3) is 11.3 Å². The van der Waals surface area contributed by atoms with Crippen LogP contribution in [-0.4, -0.2) is 20.7 Å². The molecule has 0 atom stereocenters. The number of hydrogen-bond donors (Lipinski definition) is 2. The number of nitrogens with zero attached hydrogens (tertiary/aromatic N) is 2. The van der Waals surface area contributed by atoms with Crippen LogP contribution in [0.4, 0.5) is 0 Å². The van der Waals surface area contributed by atoms with Gasteiger partial charge in [-0.25, -0.2) is 0 Å². The van der Waals surface area contributed by atoms with Crippen molar-refractivity contribution >= 4 is 17.5 Å². The first kappa shape index (κ1) is 16.3. The van der Waals surface area contributed by atoms with Crippen molar-refractivity contribution in [2.75, 3.05) is 0 Å². The quantitative estimate of drug-likeness (QED) is 0.714. The minimum absolute atomic E-state index is 0.179. The molecular weight excluding hydrogens is 324 g/mol. The highest BCUT2D eigenvalue weighted by molar-refractivity contribution is 6.33. The SMILES string of the molecule is CCCn1ccc(CNC(=O)c2cn[nH]c2-c2ccccc2Cl)c1. The Labute approximate surface area is 145 Å². The molecule has 3 rings (SSSR count). The molecule has 1 aromatic carbocycles. The Morgan fingerprint density at radius 3 is 2.96 bits per heavy atom. The highest BCUT2D eigenvalue weighted by atomic mass is 35.5. The van der Waals surface area contributed by atoms with Gasteiger partial charge in [0, 0.05) is 36.1 Å².